The maximum atomic E-state index is 13.8. The highest BCUT2D eigenvalue weighted by Gasteiger charge is 2.48. The van der Waals surface area contributed by atoms with Gasteiger partial charge in [0.2, 0.25) is 5.91 Å². The summed E-state index contributed by atoms with van der Waals surface area (Å²) in [5, 5.41) is 5.41. The summed E-state index contributed by atoms with van der Waals surface area (Å²) < 4.78 is 3.21. The second-order valence-corrected chi connectivity index (χ2v) is 11.7. The average molecular weight is 485 g/mol. The van der Waals surface area contributed by atoms with Crippen molar-refractivity contribution in [2.24, 2.45) is 0 Å². The molecule has 34 heavy (non-hydrogen) atoms. The first-order chi connectivity index (χ1) is 16.5. The predicted molar refractivity (Wildman–Crippen MR) is 138 cm³/mol. The number of carbonyl (C=O) groups excluding carboxylic acids is 2. The van der Waals surface area contributed by atoms with E-state index in [1.807, 2.05) is 17.9 Å². The second-order valence-electron chi connectivity index (χ2n) is 10.8. The summed E-state index contributed by atoms with van der Waals surface area (Å²) in [5.74, 6) is 0.0153. The Balaban J connectivity index is 1.37. The van der Waals surface area contributed by atoms with E-state index in [1.165, 1.54) is 44.9 Å². The van der Waals surface area contributed by atoms with Crippen LogP contribution in [0.4, 0.5) is 0 Å². The van der Waals surface area contributed by atoms with Gasteiger partial charge in [0.1, 0.15) is 11.2 Å². The fraction of sp³-hybridized carbons (Fsp3) is 0.704. The second kappa shape index (κ2) is 10.0. The van der Waals surface area contributed by atoms with Gasteiger partial charge in [0.25, 0.3) is 5.91 Å². The lowest BCUT2D eigenvalue weighted by Gasteiger charge is -2.45. The molecule has 186 valence electrons. The smallest absolute Gasteiger partial charge is 0.271 e. The third-order valence-electron chi connectivity index (χ3n) is 8.53. The monoisotopic (exact) mass is 484 g/mol. The predicted octanol–water partition coefficient (Wildman–Crippen LogP) is 5.02. The molecule has 2 atom stereocenters. The minimum atomic E-state index is -0.874. The van der Waals surface area contributed by atoms with Gasteiger partial charge in [-0.05, 0) is 69.5 Å². The summed E-state index contributed by atoms with van der Waals surface area (Å²) in [6.45, 7) is 7.57. The van der Waals surface area contributed by atoms with E-state index in [-0.39, 0.29) is 17.9 Å². The van der Waals surface area contributed by atoms with Crippen molar-refractivity contribution in [3.05, 3.63) is 23.2 Å². The van der Waals surface area contributed by atoms with Gasteiger partial charge in [-0.3, -0.25) is 9.59 Å². The van der Waals surface area contributed by atoms with Gasteiger partial charge in [0.05, 0.1) is 16.8 Å². The molecule has 2 fully saturated rings. The number of nitrogens with zero attached hydrogens (tertiary/aromatic N) is 3. The molecule has 0 aromatic carbocycles. The van der Waals surface area contributed by atoms with Gasteiger partial charge in [-0.1, -0.05) is 32.6 Å². The number of aromatic nitrogens is 1. The molecule has 3 aliphatic rings. The highest BCUT2D eigenvalue weighted by Crippen LogP contribution is 2.35. The number of likely N-dealkylation sites (tertiary alicyclic amines) is 1. The van der Waals surface area contributed by atoms with E-state index in [1.54, 1.807) is 11.3 Å². The number of thiophene rings is 1. The lowest BCUT2D eigenvalue weighted by molar-refractivity contribution is -0.133. The van der Waals surface area contributed by atoms with E-state index in [0.29, 0.717) is 19.1 Å². The molecule has 2 aromatic rings. The number of amides is 2. The largest absolute Gasteiger partial charge is 0.351 e. The molecule has 2 unspecified atom stereocenters. The third kappa shape index (κ3) is 4.41. The van der Waals surface area contributed by atoms with Crippen molar-refractivity contribution >= 4 is 33.4 Å². The van der Waals surface area contributed by atoms with Crippen molar-refractivity contribution in [1.29, 1.82) is 0 Å². The summed E-state index contributed by atoms with van der Waals surface area (Å²) >= 11 is 1.66. The lowest BCUT2D eigenvalue weighted by Crippen LogP contribution is -2.65. The summed E-state index contributed by atoms with van der Waals surface area (Å²) in [6, 6.07) is 5.00. The Kier molecular flexibility index (Phi) is 7.03. The fourth-order valence-electron chi connectivity index (χ4n) is 6.46. The molecule has 1 saturated heterocycles. The number of piperidine rings is 1. The Hall–Kier alpha value is -1.86. The van der Waals surface area contributed by atoms with Gasteiger partial charge >= 0.3 is 0 Å². The number of hydrogen-bond acceptors (Lipinski definition) is 4. The zero-order valence-electron chi connectivity index (χ0n) is 20.9. The molecule has 1 N–H and O–H groups in total. The molecule has 0 bridgehead atoms. The van der Waals surface area contributed by atoms with Crippen LogP contribution >= 0.6 is 11.3 Å². The van der Waals surface area contributed by atoms with Crippen LogP contribution < -0.4 is 5.32 Å². The van der Waals surface area contributed by atoms with E-state index in [9.17, 15) is 9.59 Å². The SMILES string of the molecule is CCC1CCCCN1CCCN1C(=O)c2cc3sccc3n2CC1(C)C(=O)NC1CCCCC1. The van der Waals surface area contributed by atoms with Crippen LogP contribution in [0.1, 0.15) is 88.5 Å². The fourth-order valence-corrected chi connectivity index (χ4v) is 7.28. The molecular formula is C27H40N4O2S. The van der Waals surface area contributed by atoms with Gasteiger partial charge in [-0.25, -0.2) is 0 Å². The Morgan fingerprint density at radius 2 is 1.94 bits per heavy atom. The molecular weight excluding hydrogens is 444 g/mol. The number of carbonyl (C=O) groups is 2. The molecule has 5 rings (SSSR count). The first-order valence-corrected chi connectivity index (χ1v) is 14.3. The minimum Gasteiger partial charge on any atom is -0.351 e. The van der Waals surface area contributed by atoms with E-state index in [2.05, 4.69) is 33.2 Å². The van der Waals surface area contributed by atoms with E-state index < -0.39 is 5.54 Å². The summed E-state index contributed by atoms with van der Waals surface area (Å²) in [4.78, 5) is 32.1. The molecule has 6 nitrogen and oxygen atoms in total. The van der Waals surface area contributed by atoms with Crippen LogP contribution in [0.3, 0.4) is 0 Å². The Morgan fingerprint density at radius 3 is 2.74 bits per heavy atom. The molecule has 0 radical (unpaired) electrons. The molecule has 1 saturated carbocycles. The molecule has 1 aliphatic carbocycles. The van der Waals surface area contributed by atoms with Crippen LogP contribution in [-0.2, 0) is 11.3 Å². The standard InChI is InChI=1S/C27H40N4O2S/c1-3-21-12-7-8-14-29(21)15-9-16-31-25(32)23-18-24-22(13-17-34-24)30(23)19-27(31,2)26(33)28-20-10-5-4-6-11-20/h13,17-18,20-21H,3-12,14-16,19H2,1-2H3,(H,28,33). The summed E-state index contributed by atoms with van der Waals surface area (Å²) in [6.07, 6.45) is 11.7. The first-order valence-electron chi connectivity index (χ1n) is 13.4. The molecule has 2 aromatic heterocycles. The van der Waals surface area contributed by atoms with Crippen molar-refractivity contribution < 1.29 is 9.59 Å². The van der Waals surface area contributed by atoms with Crippen LogP contribution in [0.5, 0.6) is 0 Å². The molecule has 7 heteroatoms. The average Bonchev–Trinajstić information content (AvgIpc) is 3.44. The topological polar surface area (TPSA) is 57.6 Å². The maximum Gasteiger partial charge on any atom is 0.271 e. The minimum absolute atomic E-state index is 0.00151. The summed E-state index contributed by atoms with van der Waals surface area (Å²) in [7, 11) is 0. The third-order valence-corrected chi connectivity index (χ3v) is 9.38. The highest BCUT2D eigenvalue weighted by atomic mass is 32.1. The first kappa shape index (κ1) is 23.9. The van der Waals surface area contributed by atoms with Gasteiger partial charge in [-0.2, -0.15) is 0 Å². The normalized spacial score (nSPS) is 26.7. The van der Waals surface area contributed by atoms with Gasteiger partial charge < -0.3 is 19.7 Å². The van der Waals surface area contributed by atoms with Crippen LogP contribution in [0, 0.1) is 0 Å². The number of hydrogen-bond donors (Lipinski definition) is 1. The van der Waals surface area contributed by atoms with Crippen LogP contribution in [0.25, 0.3) is 10.2 Å². The van der Waals surface area contributed by atoms with Gasteiger partial charge in [0, 0.05) is 25.2 Å². The number of rotatable bonds is 7. The maximum absolute atomic E-state index is 13.8. The number of fused-ring (bicyclic) bond motifs is 3. The lowest BCUT2D eigenvalue weighted by atomic mass is 9.91. The van der Waals surface area contributed by atoms with Crippen molar-refractivity contribution in [2.75, 3.05) is 19.6 Å². The Bertz CT molecular complexity index is 1020. The van der Waals surface area contributed by atoms with E-state index in [0.717, 1.165) is 48.3 Å². The highest BCUT2D eigenvalue weighted by molar-refractivity contribution is 7.17. The van der Waals surface area contributed by atoms with Gasteiger partial charge in [-0.15, -0.1) is 11.3 Å². The van der Waals surface area contributed by atoms with Crippen LogP contribution in [0.2, 0.25) is 0 Å². The molecule has 0 spiro atoms. The van der Waals surface area contributed by atoms with Crippen molar-refractivity contribution in [1.82, 2.24) is 19.7 Å². The zero-order valence-corrected chi connectivity index (χ0v) is 21.7. The quantitative estimate of drug-likeness (QED) is 0.600. The van der Waals surface area contributed by atoms with Crippen LogP contribution in [-0.4, -0.2) is 63.4 Å². The molecule has 2 amide bonds. The van der Waals surface area contributed by atoms with Crippen molar-refractivity contribution in [2.45, 2.75) is 102 Å². The number of nitrogens with one attached hydrogen (secondary N) is 1. The van der Waals surface area contributed by atoms with Gasteiger partial charge in [0.15, 0.2) is 0 Å². The molecule has 4 heterocycles. The van der Waals surface area contributed by atoms with Crippen LogP contribution in [0.15, 0.2) is 17.5 Å². The van der Waals surface area contributed by atoms with Crippen molar-refractivity contribution in [3.63, 3.8) is 0 Å². The Labute approximate surface area is 207 Å². The Morgan fingerprint density at radius 1 is 1.15 bits per heavy atom. The van der Waals surface area contributed by atoms with E-state index >= 15 is 0 Å². The molecule has 2 aliphatic heterocycles. The zero-order chi connectivity index (χ0) is 23.7. The van der Waals surface area contributed by atoms with E-state index in [4.69, 9.17) is 0 Å². The van der Waals surface area contributed by atoms with Crippen molar-refractivity contribution in [3.8, 4) is 0 Å². The summed E-state index contributed by atoms with van der Waals surface area (Å²) in [5.41, 5.74) is 0.930.